The van der Waals surface area contributed by atoms with E-state index in [-0.39, 0.29) is 0 Å². The summed E-state index contributed by atoms with van der Waals surface area (Å²) < 4.78 is 0. The molecule has 0 amide bonds. The largest absolute Gasteiger partial charge is 0.370 e. The average molecular weight is 260 g/mol. The average Bonchev–Trinajstić information content (AvgIpc) is 2.35. The lowest BCUT2D eigenvalue weighted by atomic mass is 10.1. The van der Waals surface area contributed by atoms with Gasteiger partial charge in [0.05, 0.1) is 6.54 Å². The quantitative estimate of drug-likeness (QED) is 0.465. The van der Waals surface area contributed by atoms with Gasteiger partial charge in [-0.15, -0.1) is 0 Å². The Hall–Kier alpha value is -1.81. The van der Waals surface area contributed by atoms with E-state index in [9.17, 15) is 0 Å². The van der Waals surface area contributed by atoms with Crippen LogP contribution in [0, 0.1) is 0 Å². The van der Waals surface area contributed by atoms with Crippen molar-refractivity contribution in [1.82, 2.24) is 10.2 Å². The zero-order valence-electron chi connectivity index (χ0n) is 12.1. The molecule has 0 saturated heterocycles. The Morgan fingerprint density at radius 2 is 1.84 bits per heavy atom. The summed E-state index contributed by atoms with van der Waals surface area (Å²) in [6, 6.07) is 8.44. The van der Waals surface area contributed by atoms with Crippen LogP contribution < -0.4 is 11.1 Å². The van der Waals surface area contributed by atoms with E-state index in [0.29, 0.717) is 19.0 Å². The molecule has 4 heteroatoms. The highest BCUT2D eigenvalue weighted by atomic mass is 15.1. The third-order valence-electron chi connectivity index (χ3n) is 2.53. The monoisotopic (exact) mass is 260 g/mol. The molecule has 0 aliphatic carbocycles. The van der Waals surface area contributed by atoms with Gasteiger partial charge in [0.2, 0.25) is 0 Å². The Labute approximate surface area is 116 Å². The topological polar surface area (TPSA) is 53.6 Å². The zero-order chi connectivity index (χ0) is 14.3. The Bertz CT molecular complexity index is 432. The summed E-state index contributed by atoms with van der Waals surface area (Å²) in [6.07, 6.45) is 0. The number of nitrogens with one attached hydrogen (secondary N) is 1. The molecule has 0 aliphatic rings. The highest BCUT2D eigenvalue weighted by Crippen LogP contribution is 2.07. The maximum atomic E-state index is 5.76. The molecule has 19 heavy (non-hydrogen) atoms. The summed E-state index contributed by atoms with van der Waals surface area (Å²) in [5.74, 6) is 0.459. The van der Waals surface area contributed by atoms with E-state index in [1.807, 2.05) is 6.92 Å². The number of guanidine groups is 1. The minimum Gasteiger partial charge on any atom is -0.370 e. The molecule has 0 heterocycles. The normalized spacial score (nSPS) is 11.7. The Morgan fingerprint density at radius 1 is 1.26 bits per heavy atom. The van der Waals surface area contributed by atoms with Crippen molar-refractivity contribution in [3.8, 4) is 0 Å². The molecule has 1 aromatic rings. The lowest BCUT2D eigenvalue weighted by molar-refractivity contribution is 0.402. The number of rotatable bonds is 6. The zero-order valence-corrected chi connectivity index (χ0v) is 12.1. The molecular weight excluding hydrogens is 236 g/mol. The van der Waals surface area contributed by atoms with E-state index < -0.39 is 0 Å². The Kier molecular flexibility index (Phi) is 6.09. The SMILES string of the molecule is C=C(C)CNC(N)=NCc1ccc(CN(C)C)cc1. The number of hydrogen-bond acceptors (Lipinski definition) is 2. The van der Waals surface area contributed by atoms with E-state index in [1.54, 1.807) is 0 Å². The van der Waals surface area contributed by atoms with Gasteiger partial charge in [-0.05, 0) is 32.1 Å². The molecule has 0 fully saturated rings. The molecule has 104 valence electrons. The Morgan fingerprint density at radius 3 is 2.37 bits per heavy atom. The van der Waals surface area contributed by atoms with E-state index in [2.05, 4.69) is 60.1 Å². The summed E-state index contributed by atoms with van der Waals surface area (Å²) in [6.45, 7) is 7.96. The highest BCUT2D eigenvalue weighted by molar-refractivity contribution is 5.78. The third-order valence-corrected chi connectivity index (χ3v) is 2.53. The predicted molar refractivity (Wildman–Crippen MR) is 82.0 cm³/mol. The van der Waals surface area contributed by atoms with E-state index in [1.165, 1.54) is 5.56 Å². The van der Waals surface area contributed by atoms with Gasteiger partial charge in [0.25, 0.3) is 0 Å². The molecule has 0 atom stereocenters. The lowest BCUT2D eigenvalue weighted by Gasteiger charge is -2.09. The summed E-state index contributed by atoms with van der Waals surface area (Å²) in [7, 11) is 4.12. The fourth-order valence-electron chi connectivity index (χ4n) is 1.59. The molecule has 0 aliphatic heterocycles. The minimum atomic E-state index is 0.459. The van der Waals surface area contributed by atoms with Crippen LogP contribution in [-0.4, -0.2) is 31.5 Å². The van der Waals surface area contributed by atoms with Gasteiger partial charge in [-0.25, -0.2) is 4.99 Å². The van der Waals surface area contributed by atoms with Gasteiger partial charge in [0.15, 0.2) is 5.96 Å². The van der Waals surface area contributed by atoms with Gasteiger partial charge in [-0.3, -0.25) is 0 Å². The van der Waals surface area contributed by atoms with Crippen LogP contribution >= 0.6 is 0 Å². The van der Waals surface area contributed by atoms with Crippen molar-refractivity contribution in [2.24, 2.45) is 10.7 Å². The number of hydrogen-bond donors (Lipinski definition) is 2. The molecule has 1 rings (SSSR count). The van der Waals surface area contributed by atoms with Crippen molar-refractivity contribution < 1.29 is 0 Å². The van der Waals surface area contributed by atoms with Gasteiger partial charge in [0, 0.05) is 13.1 Å². The smallest absolute Gasteiger partial charge is 0.189 e. The van der Waals surface area contributed by atoms with Crippen LogP contribution in [-0.2, 0) is 13.1 Å². The van der Waals surface area contributed by atoms with Gasteiger partial charge >= 0.3 is 0 Å². The van der Waals surface area contributed by atoms with Crippen LogP contribution in [0.2, 0.25) is 0 Å². The summed E-state index contributed by atoms with van der Waals surface area (Å²) >= 11 is 0. The summed E-state index contributed by atoms with van der Waals surface area (Å²) in [5.41, 5.74) is 9.24. The standard InChI is InChI=1S/C15H24N4/c1-12(2)9-17-15(16)18-10-13-5-7-14(8-6-13)11-19(3)4/h5-8H,1,9-11H2,2-4H3,(H3,16,17,18). The van der Waals surface area contributed by atoms with Gasteiger partial charge in [-0.2, -0.15) is 0 Å². The maximum absolute atomic E-state index is 5.76. The van der Waals surface area contributed by atoms with Crippen LogP contribution in [0.5, 0.6) is 0 Å². The minimum absolute atomic E-state index is 0.459. The molecule has 0 unspecified atom stereocenters. The molecule has 0 aromatic heterocycles. The fourth-order valence-corrected chi connectivity index (χ4v) is 1.59. The molecule has 0 spiro atoms. The van der Waals surface area contributed by atoms with Gasteiger partial charge in [0.1, 0.15) is 0 Å². The van der Waals surface area contributed by atoms with Crippen molar-refractivity contribution >= 4 is 5.96 Å². The van der Waals surface area contributed by atoms with Crippen molar-refractivity contribution in [1.29, 1.82) is 0 Å². The predicted octanol–water partition coefficient (Wildman–Crippen LogP) is 1.73. The fraction of sp³-hybridized carbons (Fsp3) is 0.400. The first-order valence-electron chi connectivity index (χ1n) is 6.38. The van der Waals surface area contributed by atoms with Gasteiger partial charge < -0.3 is 16.0 Å². The number of aliphatic imine (C=N–C) groups is 1. The first-order valence-corrected chi connectivity index (χ1v) is 6.38. The first kappa shape index (κ1) is 15.2. The van der Waals surface area contributed by atoms with Crippen LogP contribution in [0.4, 0.5) is 0 Å². The van der Waals surface area contributed by atoms with Crippen LogP contribution in [0.3, 0.4) is 0 Å². The van der Waals surface area contributed by atoms with Crippen LogP contribution in [0.1, 0.15) is 18.1 Å². The van der Waals surface area contributed by atoms with E-state index in [0.717, 1.165) is 17.7 Å². The molecule has 0 saturated carbocycles. The van der Waals surface area contributed by atoms with E-state index >= 15 is 0 Å². The number of nitrogens with two attached hydrogens (primary N) is 1. The third kappa shape index (κ3) is 6.62. The first-order chi connectivity index (χ1) is 8.97. The van der Waals surface area contributed by atoms with E-state index in [4.69, 9.17) is 5.73 Å². The maximum Gasteiger partial charge on any atom is 0.189 e. The summed E-state index contributed by atoms with van der Waals surface area (Å²) in [5, 5.41) is 3.01. The highest BCUT2D eigenvalue weighted by Gasteiger charge is 1.97. The van der Waals surface area contributed by atoms with Crippen molar-refractivity contribution in [3.63, 3.8) is 0 Å². The van der Waals surface area contributed by atoms with Crippen LogP contribution in [0.25, 0.3) is 0 Å². The molecular formula is C15H24N4. The second kappa shape index (κ2) is 7.59. The van der Waals surface area contributed by atoms with Crippen molar-refractivity contribution in [3.05, 3.63) is 47.5 Å². The van der Waals surface area contributed by atoms with Crippen molar-refractivity contribution in [2.75, 3.05) is 20.6 Å². The molecule has 4 nitrogen and oxygen atoms in total. The van der Waals surface area contributed by atoms with Crippen molar-refractivity contribution in [2.45, 2.75) is 20.0 Å². The van der Waals surface area contributed by atoms with Gasteiger partial charge in [-0.1, -0.05) is 36.4 Å². The number of nitrogens with zero attached hydrogens (tertiary/aromatic N) is 2. The number of benzene rings is 1. The summed E-state index contributed by atoms with van der Waals surface area (Å²) in [4.78, 5) is 6.43. The molecule has 0 bridgehead atoms. The second-order valence-corrected chi connectivity index (χ2v) is 5.07. The Balaban J connectivity index is 2.48. The molecule has 0 radical (unpaired) electrons. The lowest BCUT2D eigenvalue weighted by Crippen LogP contribution is -2.32. The molecule has 3 N–H and O–H groups in total. The van der Waals surface area contributed by atoms with Crippen LogP contribution in [0.15, 0.2) is 41.4 Å². The molecule has 1 aromatic carbocycles. The second-order valence-electron chi connectivity index (χ2n) is 5.07.